The Morgan fingerprint density at radius 3 is 2.12 bits per heavy atom. The topological polar surface area (TPSA) is 43.4 Å². The third kappa shape index (κ3) is 2.43. The number of alkyl halides is 3. The molecule has 0 aliphatic carbocycles. The largest absolute Gasteiger partial charge is 0.583 e. The second-order valence-corrected chi connectivity index (χ2v) is 9.53. The zero-order chi connectivity index (χ0) is 23.5. The van der Waals surface area contributed by atoms with Gasteiger partial charge in [-0.2, -0.15) is 23.4 Å². The van der Waals surface area contributed by atoms with Gasteiger partial charge < -0.3 is 0 Å². The minimum atomic E-state index is -4.65. The van der Waals surface area contributed by atoms with Gasteiger partial charge in [0.05, 0.1) is 5.69 Å². The molecule has 4 aromatic heterocycles. The highest BCUT2D eigenvalue weighted by Gasteiger charge is 2.70. The monoisotopic (exact) mass is 456 g/mol. The van der Waals surface area contributed by atoms with Gasteiger partial charge in [0, 0.05) is 30.3 Å². The molecule has 6 nitrogen and oxygen atoms in total. The summed E-state index contributed by atoms with van der Waals surface area (Å²) in [5.41, 5.74) is 2.53. The van der Waals surface area contributed by atoms with E-state index in [-0.39, 0.29) is 16.8 Å². The van der Waals surface area contributed by atoms with Gasteiger partial charge in [0.1, 0.15) is 11.5 Å². The summed E-state index contributed by atoms with van der Waals surface area (Å²) >= 11 is 0. The van der Waals surface area contributed by atoms with E-state index in [9.17, 15) is 17.6 Å². The lowest BCUT2D eigenvalue weighted by Gasteiger charge is -2.19. The van der Waals surface area contributed by atoms with E-state index in [2.05, 4.69) is 31.0 Å². The summed E-state index contributed by atoms with van der Waals surface area (Å²) in [7, 11) is 0. The lowest BCUT2D eigenvalue weighted by molar-refractivity contribution is -0.990. The second kappa shape index (κ2) is 5.86. The molecular weight excluding hydrogens is 436 g/mol. The van der Waals surface area contributed by atoms with Crippen LogP contribution in [0.2, 0.25) is 0 Å². The maximum absolute atomic E-state index is 14.3. The molecule has 2 aliphatic heterocycles. The van der Waals surface area contributed by atoms with Crippen molar-refractivity contribution in [2.24, 2.45) is 0 Å². The number of aromatic nitrogens is 6. The van der Waals surface area contributed by atoms with Gasteiger partial charge in [0.2, 0.25) is 11.4 Å². The highest BCUT2D eigenvalue weighted by molar-refractivity contribution is 5.59. The van der Waals surface area contributed by atoms with Crippen molar-refractivity contribution < 1.29 is 26.7 Å². The standard InChI is InChI=1S/C23H20F4N6/c1-13-9-18-16-10-14(21(2,3)4)5-7-30(16)23(32(18)28-13)31-8-6-15(24)11-17(31)19-12-20(22(25,26)27)29-33(19)23/h5-12H,1-4H3/q+2. The Bertz CT molecular complexity index is 1470. The predicted molar refractivity (Wildman–Crippen MR) is 108 cm³/mol. The van der Waals surface area contributed by atoms with E-state index in [0.717, 1.165) is 23.0 Å². The lowest BCUT2D eigenvalue weighted by Crippen LogP contribution is -2.77. The van der Waals surface area contributed by atoms with E-state index in [0.29, 0.717) is 5.69 Å². The van der Waals surface area contributed by atoms with Gasteiger partial charge in [-0.1, -0.05) is 29.9 Å². The third-order valence-corrected chi connectivity index (χ3v) is 6.31. The Labute approximate surface area is 186 Å². The Balaban J connectivity index is 1.77. The van der Waals surface area contributed by atoms with Crippen LogP contribution in [0.1, 0.15) is 37.7 Å². The van der Waals surface area contributed by atoms with Gasteiger partial charge >= 0.3 is 12.1 Å². The Hall–Kier alpha value is -3.56. The van der Waals surface area contributed by atoms with Crippen molar-refractivity contribution in [2.45, 2.75) is 45.2 Å². The van der Waals surface area contributed by atoms with Gasteiger partial charge in [-0.25, -0.2) is 4.39 Å². The summed E-state index contributed by atoms with van der Waals surface area (Å²) in [6, 6.07) is 9.32. The van der Waals surface area contributed by atoms with Crippen molar-refractivity contribution >= 4 is 0 Å². The molecule has 1 spiro atoms. The van der Waals surface area contributed by atoms with Crippen LogP contribution in [0, 0.1) is 12.7 Å². The maximum atomic E-state index is 14.3. The first-order valence-corrected chi connectivity index (χ1v) is 10.5. The van der Waals surface area contributed by atoms with E-state index in [1.165, 1.54) is 23.0 Å². The molecule has 0 amide bonds. The molecule has 0 saturated heterocycles. The average Bonchev–Trinajstić information content (AvgIpc) is 3.42. The van der Waals surface area contributed by atoms with Crippen molar-refractivity contribution in [3.05, 3.63) is 71.6 Å². The summed E-state index contributed by atoms with van der Waals surface area (Å²) in [6.07, 6.45) is -1.29. The first-order chi connectivity index (χ1) is 15.4. The van der Waals surface area contributed by atoms with E-state index in [1.807, 2.05) is 35.9 Å². The zero-order valence-corrected chi connectivity index (χ0v) is 18.3. The van der Waals surface area contributed by atoms with Crippen molar-refractivity contribution in [2.75, 3.05) is 0 Å². The SMILES string of the molecule is Cc1cc2n(n1)C1(n3nc(C(F)(F)F)cc3-c3cc(F)cc[n+]31)[n+]1ccc(C(C)(C)C)cc1-2. The second-order valence-electron chi connectivity index (χ2n) is 9.53. The Morgan fingerprint density at radius 2 is 1.45 bits per heavy atom. The minimum absolute atomic E-state index is 0.143. The fourth-order valence-electron chi connectivity index (χ4n) is 4.81. The van der Waals surface area contributed by atoms with Crippen LogP contribution in [-0.2, 0) is 17.5 Å². The molecule has 0 radical (unpaired) electrons. The third-order valence-electron chi connectivity index (χ3n) is 6.31. The molecule has 0 saturated carbocycles. The fraction of sp³-hybridized carbons (Fsp3) is 0.304. The molecule has 1 unspecified atom stereocenters. The van der Waals surface area contributed by atoms with E-state index < -0.39 is 23.6 Å². The first kappa shape index (κ1) is 20.1. The smallest absolute Gasteiger partial charge is 0.206 e. The number of fused-ring (bicyclic) bond motifs is 10. The summed E-state index contributed by atoms with van der Waals surface area (Å²) in [5.74, 6) is -1.99. The normalized spacial score (nSPS) is 18.4. The maximum Gasteiger partial charge on any atom is 0.583 e. The summed E-state index contributed by atoms with van der Waals surface area (Å²) in [5, 5.41) is 8.65. The highest BCUT2D eigenvalue weighted by atomic mass is 19.4. The van der Waals surface area contributed by atoms with Gasteiger partial charge in [-0.15, -0.1) is 9.36 Å². The summed E-state index contributed by atoms with van der Waals surface area (Å²) in [6.45, 7) is 8.11. The van der Waals surface area contributed by atoms with Crippen LogP contribution in [0.15, 0.2) is 48.8 Å². The quantitative estimate of drug-likeness (QED) is 0.259. The van der Waals surface area contributed by atoms with Crippen LogP contribution < -0.4 is 9.13 Å². The Kier molecular flexibility index (Phi) is 3.57. The first-order valence-electron chi connectivity index (χ1n) is 10.5. The number of hydrogen-bond acceptors (Lipinski definition) is 2. The average molecular weight is 456 g/mol. The molecule has 6 rings (SSSR count). The van der Waals surface area contributed by atoms with Crippen LogP contribution in [-0.4, -0.2) is 19.6 Å². The van der Waals surface area contributed by atoms with Crippen LogP contribution >= 0.6 is 0 Å². The zero-order valence-electron chi connectivity index (χ0n) is 18.3. The molecule has 1 atom stereocenters. The molecule has 0 aromatic carbocycles. The molecule has 0 fully saturated rings. The molecule has 33 heavy (non-hydrogen) atoms. The molecule has 10 heteroatoms. The molecule has 168 valence electrons. The molecule has 2 aliphatic rings. The number of aryl methyl sites for hydroxylation is 1. The molecule has 0 N–H and O–H groups in total. The Morgan fingerprint density at radius 1 is 0.848 bits per heavy atom. The molecule has 0 bridgehead atoms. The highest BCUT2D eigenvalue weighted by Crippen LogP contribution is 2.41. The molecule has 6 heterocycles. The lowest BCUT2D eigenvalue weighted by atomic mass is 9.87. The number of pyridine rings is 2. The van der Waals surface area contributed by atoms with Gasteiger partial charge in [-0.05, 0) is 24.0 Å². The van der Waals surface area contributed by atoms with E-state index >= 15 is 0 Å². The van der Waals surface area contributed by atoms with Crippen molar-refractivity contribution in [1.82, 2.24) is 19.6 Å². The van der Waals surface area contributed by atoms with Crippen LogP contribution in [0.3, 0.4) is 0 Å². The van der Waals surface area contributed by atoms with Crippen molar-refractivity contribution in [3.8, 4) is 22.8 Å². The van der Waals surface area contributed by atoms with Gasteiger partial charge in [0.15, 0.2) is 23.8 Å². The van der Waals surface area contributed by atoms with Crippen molar-refractivity contribution in [3.63, 3.8) is 0 Å². The minimum Gasteiger partial charge on any atom is -0.206 e. The summed E-state index contributed by atoms with van der Waals surface area (Å²) < 4.78 is 61.8. The summed E-state index contributed by atoms with van der Waals surface area (Å²) in [4.78, 5) is 0. The predicted octanol–water partition coefficient (Wildman–Crippen LogP) is 3.59. The number of halogens is 4. The molecular formula is C23H20F4N6+2. The van der Waals surface area contributed by atoms with Crippen LogP contribution in [0.5, 0.6) is 0 Å². The van der Waals surface area contributed by atoms with E-state index in [1.54, 1.807) is 9.25 Å². The van der Waals surface area contributed by atoms with E-state index in [4.69, 9.17) is 0 Å². The number of hydrogen-bond donors (Lipinski definition) is 0. The van der Waals surface area contributed by atoms with Crippen LogP contribution in [0.4, 0.5) is 17.6 Å². The fourth-order valence-corrected chi connectivity index (χ4v) is 4.81. The van der Waals surface area contributed by atoms with Crippen molar-refractivity contribution in [1.29, 1.82) is 0 Å². The van der Waals surface area contributed by atoms with Gasteiger partial charge in [0.25, 0.3) is 0 Å². The van der Waals surface area contributed by atoms with Crippen LogP contribution in [0.25, 0.3) is 22.8 Å². The molecule has 4 aromatic rings. The van der Waals surface area contributed by atoms with Gasteiger partial charge in [-0.3, -0.25) is 0 Å². The number of rotatable bonds is 0. The number of nitrogens with zero attached hydrogens (tertiary/aromatic N) is 6.